The second kappa shape index (κ2) is 7.40. The number of nitrogens with zero attached hydrogens (tertiary/aromatic N) is 4. The SMILES string of the molecule is CCN(c1cccc(C)c1)c1nncc(Nc2ccccc2Br)n1. The van der Waals surface area contributed by atoms with Gasteiger partial charge in [-0.1, -0.05) is 24.3 Å². The third-order valence-corrected chi connectivity index (χ3v) is 4.25. The van der Waals surface area contributed by atoms with E-state index in [0.29, 0.717) is 11.8 Å². The van der Waals surface area contributed by atoms with Crippen LogP contribution in [0.2, 0.25) is 0 Å². The lowest BCUT2D eigenvalue weighted by atomic mass is 10.2. The summed E-state index contributed by atoms with van der Waals surface area (Å²) in [7, 11) is 0. The highest BCUT2D eigenvalue weighted by molar-refractivity contribution is 9.10. The standard InChI is InChI=1S/C18H18BrN5/c1-3-24(14-8-6-7-13(2)11-14)18-22-17(12-20-23-18)21-16-10-5-4-9-15(16)19/h4-12H,3H2,1-2H3,(H,21,22,23). The van der Waals surface area contributed by atoms with Gasteiger partial charge in [-0.2, -0.15) is 10.1 Å². The lowest BCUT2D eigenvalue weighted by molar-refractivity contribution is 0.886. The van der Waals surface area contributed by atoms with Gasteiger partial charge in [0.25, 0.3) is 5.95 Å². The van der Waals surface area contributed by atoms with E-state index < -0.39 is 0 Å². The average Bonchev–Trinajstić information content (AvgIpc) is 2.58. The number of halogens is 1. The molecule has 0 aliphatic carbocycles. The van der Waals surface area contributed by atoms with Crippen LogP contribution >= 0.6 is 15.9 Å². The fourth-order valence-corrected chi connectivity index (χ4v) is 2.79. The van der Waals surface area contributed by atoms with Gasteiger partial charge in [0.15, 0.2) is 5.82 Å². The van der Waals surface area contributed by atoms with E-state index in [1.807, 2.05) is 41.3 Å². The predicted molar refractivity (Wildman–Crippen MR) is 101 cm³/mol. The van der Waals surface area contributed by atoms with E-state index >= 15 is 0 Å². The number of para-hydroxylation sites is 1. The molecule has 6 heteroatoms. The number of hydrogen-bond donors (Lipinski definition) is 1. The highest BCUT2D eigenvalue weighted by Crippen LogP contribution is 2.26. The molecule has 0 radical (unpaired) electrons. The number of benzene rings is 2. The first-order chi connectivity index (χ1) is 11.7. The first kappa shape index (κ1) is 16.4. The molecule has 0 aliphatic heterocycles. The Kier molecular flexibility index (Phi) is 5.05. The Labute approximate surface area is 149 Å². The number of aryl methyl sites for hydroxylation is 1. The highest BCUT2D eigenvalue weighted by Gasteiger charge is 2.12. The Balaban J connectivity index is 1.90. The smallest absolute Gasteiger partial charge is 0.251 e. The van der Waals surface area contributed by atoms with Crippen molar-refractivity contribution in [3.05, 3.63) is 64.8 Å². The van der Waals surface area contributed by atoms with Crippen LogP contribution in [0.3, 0.4) is 0 Å². The van der Waals surface area contributed by atoms with Gasteiger partial charge in [-0.25, -0.2) is 0 Å². The van der Waals surface area contributed by atoms with Crippen LogP contribution in [-0.4, -0.2) is 21.7 Å². The summed E-state index contributed by atoms with van der Waals surface area (Å²) in [6.45, 7) is 4.89. The van der Waals surface area contributed by atoms with E-state index in [0.717, 1.165) is 22.4 Å². The van der Waals surface area contributed by atoms with Crippen LogP contribution in [0.25, 0.3) is 0 Å². The van der Waals surface area contributed by atoms with Crippen LogP contribution in [0.5, 0.6) is 0 Å². The molecule has 0 saturated carbocycles. The summed E-state index contributed by atoms with van der Waals surface area (Å²) in [6, 6.07) is 16.1. The molecule has 5 nitrogen and oxygen atoms in total. The van der Waals surface area contributed by atoms with Gasteiger partial charge in [-0.3, -0.25) is 0 Å². The number of aromatic nitrogens is 3. The van der Waals surface area contributed by atoms with Crippen molar-refractivity contribution in [3.63, 3.8) is 0 Å². The molecule has 3 aromatic rings. The lowest BCUT2D eigenvalue weighted by Crippen LogP contribution is -2.19. The van der Waals surface area contributed by atoms with Crippen LogP contribution in [0.1, 0.15) is 12.5 Å². The van der Waals surface area contributed by atoms with E-state index in [1.54, 1.807) is 6.20 Å². The molecule has 1 N–H and O–H groups in total. The minimum atomic E-state index is 0.570. The maximum absolute atomic E-state index is 4.61. The molecule has 0 unspecified atom stereocenters. The Morgan fingerprint density at radius 1 is 1.12 bits per heavy atom. The molecule has 0 saturated heterocycles. The zero-order chi connectivity index (χ0) is 16.9. The van der Waals surface area contributed by atoms with Crippen molar-refractivity contribution >= 4 is 39.1 Å². The van der Waals surface area contributed by atoms with Crippen LogP contribution < -0.4 is 10.2 Å². The summed E-state index contributed by atoms with van der Waals surface area (Å²) in [4.78, 5) is 6.64. The van der Waals surface area contributed by atoms with Gasteiger partial charge in [0, 0.05) is 16.7 Å². The first-order valence-electron chi connectivity index (χ1n) is 7.73. The van der Waals surface area contributed by atoms with Gasteiger partial charge >= 0.3 is 0 Å². The fourth-order valence-electron chi connectivity index (χ4n) is 2.40. The van der Waals surface area contributed by atoms with Crippen molar-refractivity contribution < 1.29 is 0 Å². The number of hydrogen-bond acceptors (Lipinski definition) is 5. The molecule has 0 aliphatic rings. The number of anilines is 4. The maximum atomic E-state index is 4.61. The summed E-state index contributed by atoms with van der Waals surface area (Å²) in [6.07, 6.45) is 1.62. The molecule has 3 rings (SSSR count). The summed E-state index contributed by atoms with van der Waals surface area (Å²) >= 11 is 3.52. The van der Waals surface area contributed by atoms with Crippen molar-refractivity contribution in [2.24, 2.45) is 0 Å². The predicted octanol–water partition coefficient (Wildman–Crippen LogP) is 4.84. The van der Waals surface area contributed by atoms with E-state index in [-0.39, 0.29) is 0 Å². The van der Waals surface area contributed by atoms with Crippen LogP contribution in [0.15, 0.2) is 59.2 Å². The Hall–Kier alpha value is -2.47. The summed E-state index contributed by atoms with van der Waals surface area (Å²) in [5.41, 5.74) is 3.18. The monoisotopic (exact) mass is 383 g/mol. The Morgan fingerprint density at radius 3 is 2.71 bits per heavy atom. The van der Waals surface area contributed by atoms with Gasteiger partial charge in [0.1, 0.15) is 0 Å². The molecule has 2 aromatic carbocycles. The van der Waals surface area contributed by atoms with E-state index in [4.69, 9.17) is 0 Å². The summed E-state index contributed by atoms with van der Waals surface area (Å²) in [5.74, 6) is 1.22. The Morgan fingerprint density at radius 2 is 1.96 bits per heavy atom. The van der Waals surface area contributed by atoms with Gasteiger partial charge in [-0.15, -0.1) is 5.10 Å². The van der Waals surface area contributed by atoms with Crippen molar-refractivity contribution in [2.45, 2.75) is 13.8 Å². The van der Waals surface area contributed by atoms with Gasteiger partial charge in [0.2, 0.25) is 0 Å². The normalized spacial score (nSPS) is 10.5. The van der Waals surface area contributed by atoms with Gasteiger partial charge in [-0.05, 0) is 59.6 Å². The molecule has 1 heterocycles. The van der Waals surface area contributed by atoms with Crippen molar-refractivity contribution in [3.8, 4) is 0 Å². The van der Waals surface area contributed by atoms with Crippen molar-refractivity contribution in [1.82, 2.24) is 15.2 Å². The summed E-state index contributed by atoms with van der Waals surface area (Å²) in [5, 5.41) is 11.6. The molecular formula is C18H18BrN5. The quantitative estimate of drug-likeness (QED) is 0.682. The molecule has 122 valence electrons. The molecular weight excluding hydrogens is 366 g/mol. The molecule has 0 fully saturated rings. The average molecular weight is 384 g/mol. The minimum Gasteiger partial charge on any atom is -0.338 e. The largest absolute Gasteiger partial charge is 0.338 e. The zero-order valence-corrected chi connectivity index (χ0v) is 15.2. The van der Waals surface area contributed by atoms with E-state index in [2.05, 4.69) is 62.4 Å². The van der Waals surface area contributed by atoms with Crippen molar-refractivity contribution in [1.29, 1.82) is 0 Å². The molecule has 0 atom stereocenters. The third-order valence-electron chi connectivity index (χ3n) is 3.56. The highest BCUT2D eigenvalue weighted by atomic mass is 79.9. The molecule has 0 bridgehead atoms. The fraction of sp³-hybridized carbons (Fsp3) is 0.167. The zero-order valence-electron chi connectivity index (χ0n) is 13.6. The molecule has 0 amide bonds. The summed E-state index contributed by atoms with van der Waals surface area (Å²) < 4.78 is 0.969. The van der Waals surface area contributed by atoms with Crippen molar-refractivity contribution in [2.75, 3.05) is 16.8 Å². The lowest BCUT2D eigenvalue weighted by Gasteiger charge is -2.21. The van der Waals surface area contributed by atoms with Gasteiger partial charge in [0.05, 0.1) is 11.9 Å². The first-order valence-corrected chi connectivity index (χ1v) is 8.52. The molecule has 0 spiro atoms. The minimum absolute atomic E-state index is 0.570. The topological polar surface area (TPSA) is 53.9 Å². The second-order valence-electron chi connectivity index (χ2n) is 5.33. The van der Waals surface area contributed by atoms with Crippen LogP contribution in [-0.2, 0) is 0 Å². The third kappa shape index (κ3) is 3.71. The number of rotatable bonds is 5. The maximum Gasteiger partial charge on any atom is 0.251 e. The molecule has 24 heavy (non-hydrogen) atoms. The van der Waals surface area contributed by atoms with E-state index in [1.165, 1.54) is 5.56 Å². The van der Waals surface area contributed by atoms with Crippen LogP contribution in [0.4, 0.5) is 23.1 Å². The van der Waals surface area contributed by atoms with E-state index in [9.17, 15) is 0 Å². The second-order valence-corrected chi connectivity index (χ2v) is 6.18. The molecule has 1 aromatic heterocycles. The Bertz CT molecular complexity index is 837. The van der Waals surface area contributed by atoms with Crippen LogP contribution in [0, 0.1) is 6.92 Å². The number of nitrogens with one attached hydrogen (secondary N) is 1. The van der Waals surface area contributed by atoms with Gasteiger partial charge < -0.3 is 10.2 Å².